The van der Waals surface area contributed by atoms with E-state index in [-0.39, 0.29) is 12.3 Å². The lowest BCUT2D eigenvalue weighted by Gasteiger charge is -2.28. The minimum atomic E-state index is -1.28. The molecule has 7 nitrogen and oxygen atoms in total. The first-order valence-corrected chi connectivity index (χ1v) is 12.7. The summed E-state index contributed by atoms with van der Waals surface area (Å²) in [6.07, 6.45) is -0.666. The molecule has 0 aliphatic carbocycles. The molecule has 0 unspecified atom stereocenters. The van der Waals surface area contributed by atoms with Gasteiger partial charge in [0, 0.05) is 11.6 Å². The quantitative estimate of drug-likeness (QED) is 0.364. The second kappa shape index (κ2) is 12.0. The minimum absolute atomic E-state index is 0.0764. The number of rotatable bonds is 8. The van der Waals surface area contributed by atoms with Crippen LogP contribution in [0.3, 0.4) is 0 Å². The first kappa shape index (κ1) is 27.0. The standard InChI is InChI=1S/C30H32FN3O4/c1-18(2)15-25(35)28(36)33-26(20-11-7-4-8-12-20)29(37)34-27-23(19-9-5-3-6-10-19)16-21-13-14-22(31)17-24(21)32-30(27)38/h3-14,17-18,23,25-27,35H,15-16H2,1-2H3,(H,32,38)(H,33,36)(H,34,37)/t23-,25-,26-,27-/m0/s1. The summed E-state index contributed by atoms with van der Waals surface area (Å²) in [7, 11) is 0. The van der Waals surface area contributed by atoms with Crippen molar-refractivity contribution in [3.63, 3.8) is 0 Å². The number of hydrogen-bond acceptors (Lipinski definition) is 4. The van der Waals surface area contributed by atoms with E-state index in [1.807, 2.05) is 44.2 Å². The Hall–Kier alpha value is -4.04. The smallest absolute Gasteiger partial charge is 0.249 e. The van der Waals surface area contributed by atoms with Gasteiger partial charge in [-0.25, -0.2) is 4.39 Å². The number of aliphatic hydroxyl groups excluding tert-OH is 1. The highest BCUT2D eigenvalue weighted by molar-refractivity contribution is 6.00. The third-order valence-electron chi connectivity index (χ3n) is 6.66. The second-order valence-electron chi connectivity index (χ2n) is 10.00. The van der Waals surface area contributed by atoms with Gasteiger partial charge >= 0.3 is 0 Å². The Morgan fingerprint density at radius 2 is 1.66 bits per heavy atom. The fourth-order valence-corrected chi connectivity index (χ4v) is 4.74. The molecule has 1 aliphatic heterocycles. The van der Waals surface area contributed by atoms with Crippen LogP contribution in [0.1, 0.15) is 48.9 Å². The number of halogens is 1. The van der Waals surface area contributed by atoms with Crippen LogP contribution in [-0.2, 0) is 20.8 Å². The van der Waals surface area contributed by atoms with E-state index in [0.29, 0.717) is 17.7 Å². The SMILES string of the molecule is CC(C)C[C@H](O)C(=O)N[C@H](C(=O)N[C@@H]1C(=O)Nc2cc(F)ccc2C[C@H]1c1ccccc1)c1ccccc1. The molecule has 0 radical (unpaired) electrons. The minimum Gasteiger partial charge on any atom is -0.383 e. The molecule has 0 bridgehead atoms. The van der Waals surface area contributed by atoms with E-state index >= 15 is 0 Å². The van der Waals surface area contributed by atoms with E-state index in [4.69, 9.17) is 0 Å². The number of nitrogens with one attached hydrogen (secondary N) is 3. The molecule has 4 atom stereocenters. The zero-order valence-electron chi connectivity index (χ0n) is 21.4. The maximum absolute atomic E-state index is 14.0. The van der Waals surface area contributed by atoms with Crippen LogP contribution in [0.4, 0.5) is 10.1 Å². The maximum atomic E-state index is 14.0. The number of amides is 3. The van der Waals surface area contributed by atoms with Gasteiger partial charge in [-0.3, -0.25) is 14.4 Å². The van der Waals surface area contributed by atoms with Crippen molar-refractivity contribution in [3.8, 4) is 0 Å². The third kappa shape index (κ3) is 6.44. The summed E-state index contributed by atoms with van der Waals surface area (Å²) < 4.78 is 14.0. The lowest BCUT2D eigenvalue weighted by Crippen LogP contribution is -2.52. The van der Waals surface area contributed by atoms with E-state index in [9.17, 15) is 23.9 Å². The second-order valence-corrected chi connectivity index (χ2v) is 10.00. The van der Waals surface area contributed by atoms with Crippen molar-refractivity contribution in [1.29, 1.82) is 0 Å². The molecule has 8 heteroatoms. The molecular formula is C30H32FN3O4. The average molecular weight is 518 g/mol. The Morgan fingerprint density at radius 1 is 1.00 bits per heavy atom. The summed E-state index contributed by atoms with van der Waals surface area (Å²) in [6, 6.07) is 20.1. The molecule has 0 saturated carbocycles. The van der Waals surface area contributed by atoms with Crippen molar-refractivity contribution < 1.29 is 23.9 Å². The zero-order valence-corrected chi connectivity index (χ0v) is 21.4. The molecular weight excluding hydrogens is 485 g/mol. The maximum Gasteiger partial charge on any atom is 0.249 e. The topological polar surface area (TPSA) is 108 Å². The summed E-state index contributed by atoms with van der Waals surface area (Å²) in [5.41, 5.74) is 2.44. The molecule has 1 aliphatic rings. The zero-order chi connectivity index (χ0) is 27.2. The highest BCUT2D eigenvalue weighted by Gasteiger charge is 2.37. The monoisotopic (exact) mass is 517 g/mol. The third-order valence-corrected chi connectivity index (χ3v) is 6.66. The first-order chi connectivity index (χ1) is 18.2. The summed E-state index contributed by atoms with van der Waals surface area (Å²) in [6.45, 7) is 3.77. The molecule has 0 saturated heterocycles. The fraction of sp³-hybridized carbons (Fsp3) is 0.300. The van der Waals surface area contributed by atoms with Gasteiger partial charge < -0.3 is 21.1 Å². The van der Waals surface area contributed by atoms with Crippen LogP contribution in [-0.4, -0.2) is 35.0 Å². The van der Waals surface area contributed by atoms with Crippen molar-refractivity contribution in [2.45, 2.75) is 50.8 Å². The van der Waals surface area contributed by atoms with E-state index in [1.165, 1.54) is 12.1 Å². The predicted octanol–water partition coefficient (Wildman–Crippen LogP) is 3.85. The van der Waals surface area contributed by atoms with Crippen molar-refractivity contribution in [3.05, 3.63) is 101 Å². The van der Waals surface area contributed by atoms with Gasteiger partial charge in [0.15, 0.2) is 0 Å². The molecule has 3 amide bonds. The van der Waals surface area contributed by atoms with Crippen LogP contribution in [0.5, 0.6) is 0 Å². The van der Waals surface area contributed by atoms with Gasteiger partial charge in [-0.15, -0.1) is 0 Å². The molecule has 0 fully saturated rings. The van der Waals surface area contributed by atoms with E-state index in [2.05, 4.69) is 16.0 Å². The lowest BCUT2D eigenvalue weighted by atomic mass is 9.86. The van der Waals surface area contributed by atoms with Gasteiger partial charge in [-0.2, -0.15) is 0 Å². The number of carbonyl (C=O) groups is 3. The number of fused-ring (bicyclic) bond motifs is 1. The number of hydrogen-bond donors (Lipinski definition) is 4. The van der Waals surface area contributed by atoms with Crippen molar-refractivity contribution in [2.24, 2.45) is 5.92 Å². The van der Waals surface area contributed by atoms with E-state index in [0.717, 1.165) is 11.1 Å². The van der Waals surface area contributed by atoms with Crippen molar-refractivity contribution in [1.82, 2.24) is 10.6 Å². The molecule has 4 N–H and O–H groups in total. The van der Waals surface area contributed by atoms with Gasteiger partial charge in [-0.1, -0.05) is 80.6 Å². The number of anilines is 1. The molecule has 38 heavy (non-hydrogen) atoms. The van der Waals surface area contributed by atoms with Gasteiger partial charge in [0.05, 0.1) is 0 Å². The Kier molecular flexibility index (Phi) is 8.53. The van der Waals surface area contributed by atoms with Crippen LogP contribution < -0.4 is 16.0 Å². The molecule has 4 rings (SSSR count). The number of benzene rings is 3. The van der Waals surface area contributed by atoms with Gasteiger partial charge in [0.25, 0.3) is 0 Å². The van der Waals surface area contributed by atoms with Crippen LogP contribution in [0, 0.1) is 11.7 Å². The van der Waals surface area contributed by atoms with Crippen LogP contribution in [0.25, 0.3) is 0 Å². The van der Waals surface area contributed by atoms with Crippen molar-refractivity contribution >= 4 is 23.4 Å². The molecule has 0 aromatic heterocycles. The predicted molar refractivity (Wildman–Crippen MR) is 143 cm³/mol. The largest absolute Gasteiger partial charge is 0.383 e. The van der Waals surface area contributed by atoms with Crippen LogP contribution in [0.2, 0.25) is 0 Å². The highest BCUT2D eigenvalue weighted by Crippen LogP contribution is 2.33. The molecule has 3 aromatic carbocycles. The van der Waals surface area contributed by atoms with Crippen LogP contribution in [0.15, 0.2) is 78.9 Å². The van der Waals surface area contributed by atoms with Gasteiger partial charge in [0.1, 0.15) is 24.0 Å². The highest BCUT2D eigenvalue weighted by atomic mass is 19.1. The summed E-state index contributed by atoms with van der Waals surface area (Å²) in [4.78, 5) is 39.9. The van der Waals surface area contributed by atoms with Crippen molar-refractivity contribution in [2.75, 3.05) is 5.32 Å². The summed E-state index contributed by atoms with van der Waals surface area (Å²) >= 11 is 0. The number of carbonyl (C=O) groups excluding carboxylic acids is 3. The molecule has 0 spiro atoms. The molecule has 3 aromatic rings. The molecule has 198 valence electrons. The normalized spacial score (nSPS) is 18.5. The Balaban J connectivity index is 1.65. The summed E-state index contributed by atoms with van der Waals surface area (Å²) in [5.74, 6) is -2.61. The van der Waals surface area contributed by atoms with Gasteiger partial charge in [-0.05, 0) is 47.6 Å². The number of aliphatic hydroxyl groups is 1. The Bertz CT molecular complexity index is 1280. The summed E-state index contributed by atoms with van der Waals surface area (Å²) in [5, 5.41) is 18.6. The Labute approximate surface area is 221 Å². The molecule has 1 heterocycles. The fourth-order valence-electron chi connectivity index (χ4n) is 4.74. The van der Waals surface area contributed by atoms with E-state index < -0.39 is 47.6 Å². The lowest BCUT2D eigenvalue weighted by molar-refractivity contribution is -0.135. The van der Waals surface area contributed by atoms with E-state index in [1.54, 1.807) is 36.4 Å². The average Bonchev–Trinajstić information content (AvgIpc) is 3.03. The van der Waals surface area contributed by atoms with Gasteiger partial charge in [0.2, 0.25) is 17.7 Å². The Morgan fingerprint density at radius 3 is 2.32 bits per heavy atom. The first-order valence-electron chi connectivity index (χ1n) is 12.7. The van der Waals surface area contributed by atoms with Crippen LogP contribution >= 0.6 is 0 Å².